The van der Waals surface area contributed by atoms with E-state index in [1.165, 1.54) is 12.1 Å². The molecular weight excluding hydrogens is 405 g/mol. The van der Waals surface area contributed by atoms with Crippen LogP contribution in [0.15, 0.2) is 69.9 Å². The second-order valence-corrected chi connectivity index (χ2v) is 8.50. The average Bonchev–Trinajstić information content (AvgIpc) is 3.02. The molecule has 1 aliphatic heterocycles. The van der Waals surface area contributed by atoms with E-state index in [0.29, 0.717) is 16.5 Å². The molecular formula is C27H22FNO3. The molecule has 0 bridgehead atoms. The van der Waals surface area contributed by atoms with Crippen LogP contribution in [0.4, 0.5) is 4.39 Å². The van der Waals surface area contributed by atoms with Crippen molar-refractivity contribution in [1.29, 1.82) is 0 Å². The first kappa shape index (κ1) is 20.2. The predicted molar refractivity (Wildman–Crippen MR) is 121 cm³/mol. The molecule has 2 heterocycles. The van der Waals surface area contributed by atoms with Crippen molar-refractivity contribution in [3.63, 3.8) is 0 Å². The van der Waals surface area contributed by atoms with E-state index in [1.807, 2.05) is 51.1 Å². The smallest absolute Gasteiger partial charge is 0.291 e. The number of rotatable bonds is 3. The molecule has 0 N–H and O–H groups in total. The lowest BCUT2D eigenvalue weighted by Gasteiger charge is -2.25. The molecule has 0 radical (unpaired) electrons. The number of nitrogens with zero attached hydrogens (tertiary/aromatic N) is 1. The molecule has 32 heavy (non-hydrogen) atoms. The lowest BCUT2D eigenvalue weighted by Crippen LogP contribution is -2.29. The van der Waals surface area contributed by atoms with E-state index in [2.05, 4.69) is 0 Å². The maximum atomic E-state index is 13.7. The molecule has 4 aromatic rings. The molecule has 0 fully saturated rings. The van der Waals surface area contributed by atoms with Crippen LogP contribution in [0.2, 0.25) is 0 Å². The van der Waals surface area contributed by atoms with Crippen LogP contribution in [-0.2, 0) is 6.54 Å². The van der Waals surface area contributed by atoms with Crippen molar-refractivity contribution < 1.29 is 13.6 Å². The number of carbonyl (C=O) groups is 1. The van der Waals surface area contributed by atoms with E-state index in [9.17, 15) is 14.0 Å². The Kier molecular flexibility index (Phi) is 4.70. The summed E-state index contributed by atoms with van der Waals surface area (Å²) in [5, 5.41) is 0.503. The molecule has 1 unspecified atom stereocenters. The minimum atomic E-state index is -0.579. The van der Waals surface area contributed by atoms with Crippen molar-refractivity contribution in [1.82, 2.24) is 4.90 Å². The second kappa shape index (κ2) is 7.45. The summed E-state index contributed by atoms with van der Waals surface area (Å²) >= 11 is 0. The maximum Gasteiger partial charge on any atom is 0.291 e. The Hall–Kier alpha value is -3.73. The molecule has 4 nitrogen and oxygen atoms in total. The summed E-state index contributed by atoms with van der Waals surface area (Å²) in [6.07, 6.45) is 0. The monoisotopic (exact) mass is 427 g/mol. The topological polar surface area (TPSA) is 50.5 Å². The molecule has 1 amide bonds. The molecule has 0 saturated heterocycles. The van der Waals surface area contributed by atoms with Gasteiger partial charge in [-0.2, -0.15) is 0 Å². The number of carbonyl (C=O) groups excluding carboxylic acids is 1. The third-order valence-corrected chi connectivity index (χ3v) is 6.07. The second-order valence-electron chi connectivity index (χ2n) is 8.50. The fraction of sp³-hybridized carbons (Fsp3) is 0.185. The molecule has 1 aromatic heterocycles. The number of amides is 1. The lowest BCUT2D eigenvalue weighted by molar-refractivity contribution is 0.0714. The molecule has 3 aromatic carbocycles. The van der Waals surface area contributed by atoms with Crippen LogP contribution in [0.1, 0.15) is 50.0 Å². The molecule has 5 heteroatoms. The first-order valence-electron chi connectivity index (χ1n) is 10.5. The summed E-state index contributed by atoms with van der Waals surface area (Å²) in [4.78, 5) is 28.8. The van der Waals surface area contributed by atoms with Crippen molar-refractivity contribution >= 4 is 16.9 Å². The fourth-order valence-corrected chi connectivity index (χ4v) is 4.56. The Morgan fingerprint density at radius 1 is 0.906 bits per heavy atom. The summed E-state index contributed by atoms with van der Waals surface area (Å²) in [5.74, 6) is -0.595. The van der Waals surface area contributed by atoms with Crippen molar-refractivity contribution in [2.75, 3.05) is 0 Å². The number of hydrogen-bond acceptors (Lipinski definition) is 3. The number of fused-ring (bicyclic) bond motifs is 2. The van der Waals surface area contributed by atoms with Gasteiger partial charge in [0.1, 0.15) is 11.4 Å². The van der Waals surface area contributed by atoms with E-state index in [4.69, 9.17) is 4.42 Å². The van der Waals surface area contributed by atoms with Gasteiger partial charge in [-0.1, -0.05) is 48.0 Å². The molecule has 1 atom stereocenters. The Bertz CT molecular complexity index is 1420. The van der Waals surface area contributed by atoms with Crippen LogP contribution in [0, 0.1) is 26.6 Å². The van der Waals surface area contributed by atoms with Crippen LogP contribution in [0.3, 0.4) is 0 Å². The average molecular weight is 427 g/mol. The van der Waals surface area contributed by atoms with Gasteiger partial charge >= 0.3 is 0 Å². The van der Waals surface area contributed by atoms with Crippen molar-refractivity contribution in [3.05, 3.63) is 116 Å². The quantitative estimate of drug-likeness (QED) is 0.427. The zero-order valence-corrected chi connectivity index (χ0v) is 18.1. The Balaban J connectivity index is 1.74. The summed E-state index contributed by atoms with van der Waals surface area (Å²) in [7, 11) is 0. The van der Waals surface area contributed by atoms with E-state index < -0.39 is 6.04 Å². The predicted octanol–water partition coefficient (Wildman–Crippen LogP) is 5.60. The van der Waals surface area contributed by atoms with E-state index in [1.54, 1.807) is 23.1 Å². The Morgan fingerprint density at radius 2 is 1.59 bits per heavy atom. The number of halogens is 1. The number of aryl methyl sites for hydroxylation is 3. The van der Waals surface area contributed by atoms with Crippen LogP contribution in [0.25, 0.3) is 11.0 Å². The maximum absolute atomic E-state index is 13.7. The Labute approximate surface area is 184 Å². The summed E-state index contributed by atoms with van der Waals surface area (Å²) in [6.45, 7) is 6.03. The van der Waals surface area contributed by atoms with Gasteiger partial charge in [0.15, 0.2) is 5.43 Å². The highest BCUT2D eigenvalue weighted by Gasteiger charge is 2.42. The summed E-state index contributed by atoms with van der Waals surface area (Å²) < 4.78 is 19.5. The van der Waals surface area contributed by atoms with Gasteiger partial charge in [0.2, 0.25) is 5.76 Å². The zero-order valence-electron chi connectivity index (χ0n) is 18.1. The van der Waals surface area contributed by atoms with Gasteiger partial charge in [-0.3, -0.25) is 9.59 Å². The minimum Gasteiger partial charge on any atom is -0.450 e. The highest BCUT2D eigenvalue weighted by molar-refractivity contribution is 5.99. The zero-order chi connectivity index (χ0) is 22.6. The van der Waals surface area contributed by atoms with Crippen LogP contribution < -0.4 is 5.43 Å². The molecule has 0 saturated carbocycles. The number of benzene rings is 3. The van der Waals surface area contributed by atoms with E-state index in [-0.39, 0.29) is 29.5 Å². The highest BCUT2D eigenvalue weighted by atomic mass is 19.1. The molecule has 1 aliphatic rings. The van der Waals surface area contributed by atoms with E-state index >= 15 is 0 Å². The van der Waals surface area contributed by atoms with Crippen LogP contribution in [0.5, 0.6) is 0 Å². The normalized spacial score (nSPS) is 15.4. The van der Waals surface area contributed by atoms with Gasteiger partial charge in [-0.15, -0.1) is 0 Å². The fourth-order valence-electron chi connectivity index (χ4n) is 4.56. The molecule has 0 spiro atoms. The molecule has 0 aliphatic carbocycles. The standard InChI is InChI=1S/C27H22FNO3/c1-15-4-8-19(9-5-15)24-23-25(30)22-17(3)12-16(2)13-21(22)32-26(23)27(31)29(24)14-18-6-10-20(28)11-7-18/h4-13,24H,14H2,1-3H3. The third-order valence-electron chi connectivity index (χ3n) is 6.07. The van der Waals surface area contributed by atoms with Gasteiger partial charge < -0.3 is 9.32 Å². The van der Waals surface area contributed by atoms with Gasteiger partial charge in [-0.05, 0) is 61.2 Å². The van der Waals surface area contributed by atoms with Gasteiger partial charge in [0.05, 0.1) is 17.0 Å². The van der Waals surface area contributed by atoms with Gasteiger partial charge in [0, 0.05) is 6.54 Å². The Morgan fingerprint density at radius 3 is 2.28 bits per heavy atom. The van der Waals surface area contributed by atoms with Crippen LogP contribution in [-0.4, -0.2) is 10.8 Å². The van der Waals surface area contributed by atoms with Gasteiger partial charge in [-0.25, -0.2) is 4.39 Å². The largest absolute Gasteiger partial charge is 0.450 e. The van der Waals surface area contributed by atoms with Gasteiger partial charge in [0.25, 0.3) is 5.91 Å². The van der Waals surface area contributed by atoms with Crippen LogP contribution >= 0.6 is 0 Å². The van der Waals surface area contributed by atoms with Crippen molar-refractivity contribution in [3.8, 4) is 0 Å². The first-order chi connectivity index (χ1) is 15.3. The minimum absolute atomic E-state index is 0.0835. The SMILES string of the molecule is Cc1ccc(C2c3c(oc4cc(C)cc(C)c4c3=O)C(=O)N2Cc2ccc(F)cc2)cc1. The summed E-state index contributed by atoms with van der Waals surface area (Å²) in [6, 6.07) is 17.0. The highest BCUT2D eigenvalue weighted by Crippen LogP contribution is 2.39. The molecule has 160 valence electrons. The van der Waals surface area contributed by atoms with E-state index in [0.717, 1.165) is 27.8 Å². The van der Waals surface area contributed by atoms with Crippen molar-refractivity contribution in [2.45, 2.75) is 33.4 Å². The summed E-state index contributed by atoms with van der Waals surface area (Å²) in [5.41, 5.74) is 5.08. The van der Waals surface area contributed by atoms with Crippen molar-refractivity contribution in [2.24, 2.45) is 0 Å². The number of hydrogen-bond donors (Lipinski definition) is 0. The lowest BCUT2D eigenvalue weighted by atomic mass is 9.96. The first-order valence-corrected chi connectivity index (χ1v) is 10.5. The third kappa shape index (κ3) is 3.21. The molecule has 5 rings (SSSR count).